The normalized spacial score (nSPS) is 14.0. The number of rotatable bonds is 12. The van der Waals surface area contributed by atoms with Crippen molar-refractivity contribution in [3.63, 3.8) is 0 Å². The Kier molecular flexibility index (Phi) is 8.51. The summed E-state index contributed by atoms with van der Waals surface area (Å²) >= 11 is 0. The van der Waals surface area contributed by atoms with Crippen molar-refractivity contribution in [2.24, 2.45) is 0 Å². The maximum Gasteiger partial charge on any atom is 0.309 e. The van der Waals surface area contributed by atoms with Gasteiger partial charge in [-0.3, -0.25) is 0 Å². The van der Waals surface area contributed by atoms with Gasteiger partial charge < -0.3 is 28.8 Å². The zero-order valence-corrected chi connectivity index (χ0v) is 18.0. The van der Waals surface area contributed by atoms with Crippen LogP contribution in [0.1, 0.15) is 19.3 Å². The molecule has 0 fully saturated rings. The van der Waals surface area contributed by atoms with E-state index >= 15 is 0 Å². The molecule has 0 heterocycles. The molecule has 0 aliphatic carbocycles. The topological polar surface area (TPSA) is 168 Å². The van der Waals surface area contributed by atoms with Gasteiger partial charge >= 0.3 is 20.2 Å². The Hall–Kier alpha value is -2.54. The van der Waals surface area contributed by atoms with Gasteiger partial charge in [0.2, 0.25) is 0 Å². The molecular weight excluding hydrogens is 452 g/mol. The van der Waals surface area contributed by atoms with Gasteiger partial charge in [0.1, 0.15) is 23.0 Å². The molecule has 0 saturated heterocycles. The number of aliphatic hydroxyl groups is 2. The third-order valence-electron chi connectivity index (χ3n) is 4.07. The number of phenolic OH excluding ortho intramolecular Hbond substituents is 2. The van der Waals surface area contributed by atoms with E-state index in [1.54, 1.807) is 0 Å². The molecule has 2 unspecified atom stereocenters. The Balaban J connectivity index is 1.75. The lowest BCUT2D eigenvalue weighted by molar-refractivity contribution is 0.0768. The first-order chi connectivity index (χ1) is 14.4. The molecule has 2 rings (SSSR count). The van der Waals surface area contributed by atoms with Crippen molar-refractivity contribution >= 4 is 20.2 Å². The van der Waals surface area contributed by atoms with E-state index in [9.17, 15) is 37.3 Å². The second kappa shape index (κ2) is 10.7. The molecule has 0 saturated carbocycles. The molecule has 0 aliphatic heterocycles. The molecular formula is C19H24O10S2. The van der Waals surface area contributed by atoms with Crippen molar-refractivity contribution in [1.82, 2.24) is 0 Å². The van der Waals surface area contributed by atoms with Crippen LogP contribution < -0.4 is 8.37 Å². The second-order valence-electron chi connectivity index (χ2n) is 6.80. The van der Waals surface area contributed by atoms with Crippen molar-refractivity contribution in [2.45, 2.75) is 31.5 Å². The van der Waals surface area contributed by atoms with Crippen molar-refractivity contribution in [3.8, 4) is 23.0 Å². The first kappa shape index (κ1) is 24.7. The van der Waals surface area contributed by atoms with Crippen molar-refractivity contribution in [2.75, 3.05) is 11.5 Å². The molecule has 2 aromatic rings. The zero-order chi connectivity index (χ0) is 23.1. The highest BCUT2D eigenvalue weighted by atomic mass is 32.2. The molecule has 172 valence electrons. The molecule has 10 nitrogen and oxygen atoms in total. The van der Waals surface area contributed by atoms with Gasteiger partial charge in [-0.15, -0.1) is 0 Å². The SMILES string of the molecule is O=S(=O)(CCC(O)CC(O)CCS(=O)(=O)Oc1ccc(O)cc1)Oc1ccc(O)cc1. The van der Waals surface area contributed by atoms with Gasteiger partial charge in [0.25, 0.3) is 0 Å². The van der Waals surface area contributed by atoms with E-state index < -0.39 is 43.9 Å². The fraction of sp³-hybridized carbons (Fsp3) is 0.368. The van der Waals surface area contributed by atoms with Gasteiger partial charge in [0.15, 0.2) is 0 Å². The molecule has 0 bridgehead atoms. The van der Waals surface area contributed by atoms with E-state index in [4.69, 9.17) is 8.37 Å². The Bertz CT molecular complexity index is 947. The summed E-state index contributed by atoms with van der Waals surface area (Å²) < 4.78 is 57.5. The van der Waals surface area contributed by atoms with Crippen LogP contribution in [0.5, 0.6) is 23.0 Å². The molecule has 2 aromatic carbocycles. The molecule has 31 heavy (non-hydrogen) atoms. The summed E-state index contributed by atoms with van der Waals surface area (Å²) in [5, 5.41) is 38.3. The van der Waals surface area contributed by atoms with Crippen LogP contribution >= 0.6 is 0 Å². The minimum Gasteiger partial charge on any atom is -0.508 e. The largest absolute Gasteiger partial charge is 0.508 e. The standard InChI is InChI=1S/C19H24O10S2/c20-14-1-5-18(6-2-14)28-30(24,25)11-9-16(22)13-17(23)10-12-31(26,27)29-19-7-3-15(21)4-8-19/h1-8,16-17,20-23H,9-13H2. The highest BCUT2D eigenvalue weighted by molar-refractivity contribution is 7.87. The molecule has 4 N–H and O–H groups in total. The van der Waals surface area contributed by atoms with Crippen molar-refractivity contribution < 1.29 is 45.6 Å². The van der Waals surface area contributed by atoms with Crippen LogP contribution in [-0.4, -0.2) is 61.0 Å². The zero-order valence-electron chi connectivity index (χ0n) is 16.4. The van der Waals surface area contributed by atoms with Crippen LogP contribution in [-0.2, 0) is 20.2 Å². The molecule has 0 amide bonds. The van der Waals surface area contributed by atoms with Gasteiger partial charge in [0, 0.05) is 0 Å². The van der Waals surface area contributed by atoms with Gasteiger partial charge in [-0.25, -0.2) is 0 Å². The van der Waals surface area contributed by atoms with Crippen LogP contribution in [0, 0.1) is 0 Å². The van der Waals surface area contributed by atoms with Crippen LogP contribution in [0.2, 0.25) is 0 Å². The Morgan fingerprint density at radius 2 is 0.968 bits per heavy atom. The molecule has 2 atom stereocenters. The summed E-state index contributed by atoms with van der Waals surface area (Å²) in [6.07, 6.45) is -3.09. The predicted octanol–water partition coefficient (Wildman–Crippen LogP) is 1.11. The third kappa shape index (κ3) is 9.42. The van der Waals surface area contributed by atoms with E-state index in [2.05, 4.69) is 0 Å². The highest BCUT2D eigenvalue weighted by Crippen LogP contribution is 2.20. The number of phenols is 2. The number of aromatic hydroxyl groups is 2. The maximum atomic E-state index is 12.0. The van der Waals surface area contributed by atoms with E-state index in [0.29, 0.717) is 0 Å². The average molecular weight is 477 g/mol. The first-order valence-corrected chi connectivity index (χ1v) is 12.4. The smallest absolute Gasteiger partial charge is 0.309 e. The Labute approximate surface area is 180 Å². The van der Waals surface area contributed by atoms with Crippen LogP contribution in [0.4, 0.5) is 0 Å². The third-order valence-corrected chi connectivity index (χ3v) is 6.43. The number of hydrogen-bond acceptors (Lipinski definition) is 10. The number of hydrogen-bond donors (Lipinski definition) is 4. The summed E-state index contributed by atoms with van der Waals surface area (Å²) in [6, 6.07) is 10.1. The number of benzene rings is 2. The molecule has 0 aliphatic rings. The Morgan fingerprint density at radius 1 is 0.645 bits per heavy atom. The number of aliphatic hydroxyl groups excluding tert-OH is 2. The van der Waals surface area contributed by atoms with E-state index in [-0.39, 0.29) is 42.3 Å². The van der Waals surface area contributed by atoms with Gasteiger partial charge in [0.05, 0.1) is 23.7 Å². The van der Waals surface area contributed by atoms with E-state index in [1.165, 1.54) is 48.5 Å². The Morgan fingerprint density at radius 3 is 1.29 bits per heavy atom. The van der Waals surface area contributed by atoms with Crippen LogP contribution in [0.15, 0.2) is 48.5 Å². The van der Waals surface area contributed by atoms with Gasteiger partial charge in [-0.2, -0.15) is 16.8 Å². The fourth-order valence-electron chi connectivity index (χ4n) is 2.49. The minimum atomic E-state index is -4.01. The predicted molar refractivity (Wildman–Crippen MR) is 111 cm³/mol. The maximum absolute atomic E-state index is 12.0. The molecule has 0 radical (unpaired) electrons. The summed E-state index contributed by atoms with van der Waals surface area (Å²) in [4.78, 5) is 0. The van der Waals surface area contributed by atoms with Crippen molar-refractivity contribution in [3.05, 3.63) is 48.5 Å². The van der Waals surface area contributed by atoms with E-state index in [0.717, 1.165) is 0 Å². The minimum absolute atomic E-state index is 0.00570. The summed E-state index contributed by atoms with van der Waals surface area (Å²) in [6.45, 7) is 0. The quantitative estimate of drug-likeness (QED) is 0.326. The summed E-state index contributed by atoms with van der Waals surface area (Å²) in [5.41, 5.74) is 0. The molecule has 0 spiro atoms. The fourth-order valence-corrected chi connectivity index (χ4v) is 4.59. The van der Waals surface area contributed by atoms with E-state index in [1.807, 2.05) is 0 Å². The second-order valence-corrected chi connectivity index (χ2v) is 10.2. The van der Waals surface area contributed by atoms with Crippen molar-refractivity contribution in [1.29, 1.82) is 0 Å². The first-order valence-electron chi connectivity index (χ1n) is 9.22. The van der Waals surface area contributed by atoms with Gasteiger partial charge in [-0.1, -0.05) is 0 Å². The molecule has 0 aromatic heterocycles. The highest BCUT2D eigenvalue weighted by Gasteiger charge is 2.21. The monoisotopic (exact) mass is 476 g/mol. The van der Waals surface area contributed by atoms with Crippen LogP contribution in [0.25, 0.3) is 0 Å². The lowest BCUT2D eigenvalue weighted by Crippen LogP contribution is -2.25. The van der Waals surface area contributed by atoms with Gasteiger partial charge in [-0.05, 0) is 67.8 Å². The average Bonchev–Trinajstić information content (AvgIpc) is 2.68. The summed E-state index contributed by atoms with van der Waals surface area (Å²) in [5.74, 6) is -1.14. The summed E-state index contributed by atoms with van der Waals surface area (Å²) in [7, 11) is -8.02. The molecule has 12 heteroatoms. The van der Waals surface area contributed by atoms with Crippen LogP contribution in [0.3, 0.4) is 0 Å². The lowest BCUT2D eigenvalue weighted by Gasteiger charge is -2.16. The lowest BCUT2D eigenvalue weighted by atomic mass is 10.1.